The van der Waals surface area contributed by atoms with Crippen molar-refractivity contribution in [3.05, 3.63) is 29.8 Å². The van der Waals surface area contributed by atoms with E-state index in [-0.39, 0.29) is 5.56 Å². The quantitative estimate of drug-likeness (QED) is 0.625. The number of carbonyl (C=O) groups excluding carboxylic acids is 1. The molecule has 4 nitrogen and oxygen atoms in total. The van der Waals surface area contributed by atoms with Crippen LogP contribution in [0.2, 0.25) is 0 Å². The molecule has 0 amide bonds. The summed E-state index contributed by atoms with van der Waals surface area (Å²) in [6.07, 6.45) is 0. The Kier molecular flexibility index (Phi) is 3.32. The number of carbonyl (C=O) groups is 2. The zero-order chi connectivity index (χ0) is 12.3. The van der Waals surface area contributed by atoms with Crippen molar-refractivity contribution in [2.24, 2.45) is 5.41 Å². The number of rotatable bonds is 4. The highest BCUT2D eigenvalue weighted by atomic mass is 16.5. The number of Topliss-reactive ketones (excluding diaryl/α,β-unsaturated/α-hetero) is 1. The van der Waals surface area contributed by atoms with Crippen LogP contribution in [0.1, 0.15) is 24.2 Å². The van der Waals surface area contributed by atoms with E-state index in [0.29, 0.717) is 5.75 Å². The molecule has 0 fully saturated rings. The Hall–Kier alpha value is -1.84. The zero-order valence-electron chi connectivity index (χ0n) is 9.48. The van der Waals surface area contributed by atoms with Crippen molar-refractivity contribution in [1.29, 1.82) is 0 Å². The normalized spacial score (nSPS) is 10.9. The Morgan fingerprint density at radius 3 is 2.31 bits per heavy atom. The Labute approximate surface area is 93.9 Å². The van der Waals surface area contributed by atoms with Gasteiger partial charge in [-0.2, -0.15) is 0 Å². The molecular formula is C12H14O4. The van der Waals surface area contributed by atoms with Gasteiger partial charge >= 0.3 is 5.97 Å². The molecule has 0 heterocycles. The van der Waals surface area contributed by atoms with Gasteiger partial charge in [0.2, 0.25) is 0 Å². The highest BCUT2D eigenvalue weighted by Crippen LogP contribution is 2.27. The summed E-state index contributed by atoms with van der Waals surface area (Å²) in [6, 6.07) is 6.59. The van der Waals surface area contributed by atoms with Crippen LogP contribution in [0.4, 0.5) is 0 Å². The molecule has 0 spiro atoms. The summed E-state index contributed by atoms with van der Waals surface area (Å²) in [5.41, 5.74) is -1.16. The van der Waals surface area contributed by atoms with Gasteiger partial charge in [-0.25, -0.2) is 0 Å². The first-order valence-corrected chi connectivity index (χ1v) is 4.82. The molecule has 1 N–H and O–H groups in total. The first kappa shape index (κ1) is 12.2. The maximum absolute atomic E-state index is 12.0. The van der Waals surface area contributed by atoms with E-state index in [4.69, 9.17) is 9.84 Å². The Morgan fingerprint density at radius 1 is 1.25 bits per heavy atom. The molecule has 1 rings (SSSR count). The lowest BCUT2D eigenvalue weighted by Gasteiger charge is -2.18. The maximum atomic E-state index is 12.0. The first-order valence-electron chi connectivity index (χ1n) is 4.82. The van der Waals surface area contributed by atoms with E-state index < -0.39 is 17.2 Å². The summed E-state index contributed by atoms with van der Waals surface area (Å²) in [5.74, 6) is -1.22. The number of hydrogen-bond donors (Lipinski definition) is 1. The maximum Gasteiger partial charge on any atom is 0.317 e. The Bertz CT molecular complexity index is 421. The molecule has 0 radical (unpaired) electrons. The monoisotopic (exact) mass is 222 g/mol. The highest BCUT2D eigenvalue weighted by Gasteiger charge is 2.37. The van der Waals surface area contributed by atoms with Crippen LogP contribution >= 0.6 is 0 Å². The second-order valence-electron chi connectivity index (χ2n) is 3.96. The van der Waals surface area contributed by atoms with Crippen molar-refractivity contribution in [1.82, 2.24) is 0 Å². The molecule has 0 saturated heterocycles. The number of ether oxygens (including phenoxy) is 1. The molecule has 0 unspecified atom stereocenters. The van der Waals surface area contributed by atoms with Gasteiger partial charge in [0.1, 0.15) is 11.2 Å². The van der Waals surface area contributed by atoms with Gasteiger partial charge in [0.05, 0.1) is 12.7 Å². The molecule has 1 aromatic rings. The summed E-state index contributed by atoms with van der Waals surface area (Å²) >= 11 is 0. The molecule has 0 aliphatic rings. The van der Waals surface area contributed by atoms with E-state index in [2.05, 4.69) is 0 Å². The smallest absolute Gasteiger partial charge is 0.317 e. The molecular weight excluding hydrogens is 208 g/mol. The molecule has 4 heteroatoms. The second-order valence-corrected chi connectivity index (χ2v) is 3.96. The van der Waals surface area contributed by atoms with E-state index in [9.17, 15) is 9.59 Å². The third-order valence-corrected chi connectivity index (χ3v) is 2.45. The fourth-order valence-electron chi connectivity index (χ4n) is 1.27. The number of carboxylic acids is 1. The number of hydrogen-bond acceptors (Lipinski definition) is 3. The fraction of sp³-hybridized carbons (Fsp3) is 0.333. The van der Waals surface area contributed by atoms with Gasteiger partial charge < -0.3 is 9.84 Å². The molecule has 0 aromatic heterocycles. The number of benzene rings is 1. The van der Waals surface area contributed by atoms with E-state index in [1.54, 1.807) is 24.3 Å². The van der Waals surface area contributed by atoms with Crippen molar-refractivity contribution in [3.63, 3.8) is 0 Å². The van der Waals surface area contributed by atoms with Gasteiger partial charge in [-0.05, 0) is 26.0 Å². The van der Waals surface area contributed by atoms with Gasteiger partial charge in [0.25, 0.3) is 0 Å². The van der Waals surface area contributed by atoms with Gasteiger partial charge in [0, 0.05) is 0 Å². The van der Waals surface area contributed by atoms with Crippen LogP contribution in [0.25, 0.3) is 0 Å². The van der Waals surface area contributed by atoms with Crippen LogP contribution in [0.15, 0.2) is 24.3 Å². The highest BCUT2D eigenvalue weighted by molar-refractivity contribution is 6.12. The number of ketones is 1. The SMILES string of the molecule is COc1ccccc1C(=O)C(C)(C)C(=O)O. The molecule has 0 aliphatic carbocycles. The van der Waals surface area contributed by atoms with Crippen LogP contribution < -0.4 is 4.74 Å². The lowest BCUT2D eigenvalue weighted by atomic mass is 9.84. The molecule has 0 bridgehead atoms. The number of methoxy groups -OCH3 is 1. The molecule has 86 valence electrons. The number of para-hydroxylation sites is 1. The number of aliphatic carboxylic acids is 1. The van der Waals surface area contributed by atoms with Gasteiger partial charge in [-0.3, -0.25) is 9.59 Å². The summed E-state index contributed by atoms with van der Waals surface area (Å²) in [6.45, 7) is 2.76. The topological polar surface area (TPSA) is 63.6 Å². The van der Waals surface area contributed by atoms with Gasteiger partial charge in [-0.1, -0.05) is 12.1 Å². The second kappa shape index (κ2) is 4.35. The van der Waals surface area contributed by atoms with E-state index in [0.717, 1.165) is 0 Å². The van der Waals surface area contributed by atoms with Crippen LogP contribution in [0.3, 0.4) is 0 Å². The third-order valence-electron chi connectivity index (χ3n) is 2.45. The van der Waals surface area contributed by atoms with Crippen LogP contribution in [0.5, 0.6) is 5.75 Å². The fourth-order valence-corrected chi connectivity index (χ4v) is 1.27. The molecule has 0 aliphatic heterocycles. The minimum Gasteiger partial charge on any atom is -0.496 e. The Balaban J connectivity index is 3.19. The molecule has 0 saturated carbocycles. The lowest BCUT2D eigenvalue weighted by molar-refractivity contribution is -0.144. The predicted molar refractivity (Wildman–Crippen MR) is 58.7 cm³/mol. The summed E-state index contributed by atoms with van der Waals surface area (Å²) in [5, 5.41) is 8.97. The molecule has 16 heavy (non-hydrogen) atoms. The van der Waals surface area contributed by atoms with Crippen molar-refractivity contribution < 1.29 is 19.4 Å². The van der Waals surface area contributed by atoms with E-state index >= 15 is 0 Å². The third kappa shape index (κ3) is 2.05. The van der Waals surface area contributed by atoms with Crippen molar-refractivity contribution >= 4 is 11.8 Å². The van der Waals surface area contributed by atoms with Crippen molar-refractivity contribution in [2.75, 3.05) is 7.11 Å². The lowest BCUT2D eigenvalue weighted by Crippen LogP contribution is -2.33. The van der Waals surface area contributed by atoms with Gasteiger partial charge in [-0.15, -0.1) is 0 Å². The summed E-state index contributed by atoms with van der Waals surface area (Å²) < 4.78 is 5.03. The van der Waals surface area contributed by atoms with Gasteiger partial charge in [0.15, 0.2) is 5.78 Å². The van der Waals surface area contributed by atoms with Crippen LogP contribution in [0, 0.1) is 5.41 Å². The predicted octanol–water partition coefficient (Wildman–Crippen LogP) is 1.99. The van der Waals surface area contributed by atoms with Crippen molar-refractivity contribution in [3.8, 4) is 5.75 Å². The van der Waals surface area contributed by atoms with E-state index in [1.165, 1.54) is 21.0 Å². The zero-order valence-corrected chi connectivity index (χ0v) is 9.48. The minimum absolute atomic E-state index is 0.289. The molecule has 0 atom stereocenters. The average Bonchev–Trinajstić information content (AvgIpc) is 2.27. The molecule has 1 aromatic carbocycles. The standard InChI is InChI=1S/C12H14O4/c1-12(2,11(14)15)10(13)8-6-4-5-7-9(8)16-3/h4-7H,1-3H3,(H,14,15). The Morgan fingerprint density at radius 2 is 1.81 bits per heavy atom. The largest absolute Gasteiger partial charge is 0.496 e. The van der Waals surface area contributed by atoms with Crippen molar-refractivity contribution in [2.45, 2.75) is 13.8 Å². The van der Waals surface area contributed by atoms with Crippen LogP contribution in [-0.4, -0.2) is 24.0 Å². The van der Waals surface area contributed by atoms with E-state index in [1.807, 2.05) is 0 Å². The minimum atomic E-state index is -1.45. The summed E-state index contributed by atoms with van der Waals surface area (Å²) in [7, 11) is 1.44. The average molecular weight is 222 g/mol. The first-order chi connectivity index (χ1) is 7.41. The van der Waals surface area contributed by atoms with Crippen LogP contribution in [-0.2, 0) is 4.79 Å². The summed E-state index contributed by atoms with van der Waals surface area (Å²) in [4.78, 5) is 23.0. The number of carboxylic acid groups (broad SMARTS) is 1.